The van der Waals surface area contributed by atoms with Crippen molar-refractivity contribution in [1.82, 2.24) is 9.88 Å². The average Bonchev–Trinajstić information content (AvgIpc) is 2.61. The van der Waals surface area contributed by atoms with Gasteiger partial charge in [-0.15, -0.1) is 0 Å². The lowest BCUT2D eigenvalue weighted by atomic mass is 10.1. The minimum absolute atomic E-state index is 0.0375. The first-order valence-corrected chi connectivity index (χ1v) is 8.22. The largest absolute Gasteiger partial charge is 0.417 e. The van der Waals surface area contributed by atoms with Gasteiger partial charge in [0.2, 0.25) is 0 Å². The molecule has 2 aliphatic rings. The minimum Gasteiger partial charge on any atom is -0.365 e. The molecule has 0 aliphatic carbocycles. The number of anilines is 1. The predicted octanol–water partition coefficient (Wildman–Crippen LogP) is 2.56. The fourth-order valence-corrected chi connectivity index (χ4v) is 3.01. The van der Waals surface area contributed by atoms with Gasteiger partial charge in [0, 0.05) is 38.7 Å². The van der Waals surface area contributed by atoms with Crippen LogP contribution in [0.4, 0.5) is 27.8 Å². The van der Waals surface area contributed by atoms with Gasteiger partial charge in [-0.25, -0.2) is 13.8 Å². The summed E-state index contributed by atoms with van der Waals surface area (Å²) in [4.78, 5) is 19.3. The topological polar surface area (TPSA) is 45.7 Å². The van der Waals surface area contributed by atoms with E-state index in [1.165, 1.54) is 11.0 Å². The number of ether oxygens (including phenoxy) is 1. The Hall–Kier alpha value is -1.97. The van der Waals surface area contributed by atoms with Crippen molar-refractivity contribution in [2.45, 2.75) is 31.0 Å². The molecule has 10 heteroatoms. The summed E-state index contributed by atoms with van der Waals surface area (Å²) in [6.07, 6.45) is -5.33. The van der Waals surface area contributed by atoms with E-state index < -0.39 is 23.8 Å². The molecule has 26 heavy (non-hydrogen) atoms. The van der Waals surface area contributed by atoms with Crippen LogP contribution in [0, 0.1) is 0 Å². The van der Waals surface area contributed by atoms with Crippen molar-refractivity contribution >= 4 is 11.7 Å². The van der Waals surface area contributed by atoms with Crippen LogP contribution in [0.15, 0.2) is 18.3 Å². The number of nitrogens with zero attached hydrogens (tertiary/aromatic N) is 3. The van der Waals surface area contributed by atoms with Gasteiger partial charge in [0.05, 0.1) is 18.7 Å². The Morgan fingerprint density at radius 3 is 2.46 bits per heavy atom. The van der Waals surface area contributed by atoms with E-state index in [0.29, 0.717) is 12.4 Å². The van der Waals surface area contributed by atoms with Gasteiger partial charge in [-0.2, -0.15) is 13.2 Å². The van der Waals surface area contributed by atoms with Gasteiger partial charge in [-0.1, -0.05) is 0 Å². The molecule has 2 fully saturated rings. The van der Waals surface area contributed by atoms with Crippen LogP contribution in [-0.4, -0.2) is 60.6 Å². The van der Waals surface area contributed by atoms with Crippen molar-refractivity contribution < 1.29 is 31.5 Å². The first-order chi connectivity index (χ1) is 12.2. The van der Waals surface area contributed by atoms with Crippen LogP contribution >= 0.6 is 0 Å². The molecule has 1 amide bonds. The fraction of sp³-hybridized carbons (Fsp3) is 0.625. The third kappa shape index (κ3) is 4.22. The molecule has 1 aromatic heterocycles. The van der Waals surface area contributed by atoms with Crippen molar-refractivity contribution in [3.05, 3.63) is 23.9 Å². The van der Waals surface area contributed by atoms with E-state index in [2.05, 4.69) is 4.98 Å². The zero-order chi connectivity index (χ0) is 18.9. The molecule has 1 atom stereocenters. The molecule has 0 spiro atoms. The number of piperidine rings is 1. The van der Waals surface area contributed by atoms with Crippen LogP contribution in [-0.2, 0) is 15.7 Å². The van der Waals surface area contributed by atoms with Crippen LogP contribution in [0.3, 0.4) is 0 Å². The second-order valence-corrected chi connectivity index (χ2v) is 6.39. The van der Waals surface area contributed by atoms with Gasteiger partial charge in [-0.3, -0.25) is 4.79 Å². The molecule has 144 valence electrons. The summed E-state index contributed by atoms with van der Waals surface area (Å²) in [6, 6.07) is 2.18. The predicted molar refractivity (Wildman–Crippen MR) is 82.0 cm³/mol. The van der Waals surface area contributed by atoms with Crippen LogP contribution in [0.1, 0.15) is 18.4 Å². The molecule has 0 radical (unpaired) electrons. The minimum atomic E-state index is -4.47. The molecule has 1 aromatic rings. The highest BCUT2D eigenvalue weighted by atomic mass is 19.4. The van der Waals surface area contributed by atoms with E-state index in [1.54, 1.807) is 4.90 Å². The van der Waals surface area contributed by atoms with E-state index >= 15 is 0 Å². The van der Waals surface area contributed by atoms with Crippen LogP contribution in [0.25, 0.3) is 0 Å². The fourth-order valence-electron chi connectivity index (χ4n) is 3.01. The average molecular weight is 379 g/mol. The maximum absolute atomic E-state index is 13.2. The second-order valence-electron chi connectivity index (χ2n) is 6.39. The summed E-state index contributed by atoms with van der Waals surface area (Å²) in [7, 11) is 0. The SMILES string of the molecule is O=C(C1CN(c2ccc(C(F)(F)F)cn2)CCO1)N1CCC(F)(F)CC1. The molecule has 3 rings (SSSR count). The number of halogens is 5. The van der Waals surface area contributed by atoms with Gasteiger partial charge >= 0.3 is 6.18 Å². The van der Waals surface area contributed by atoms with Gasteiger partial charge in [0.1, 0.15) is 5.82 Å². The highest BCUT2D eigenvalue weighted by Gasteiger charge is 2.39. The molecule has 2 saturated heterocycles. The number of alkyl halides is 5. The van der Waals surface area contributed by atoms with E-state index in [4.69, 9.17) is 4.74 Å². The molecule has 5 nitrogen and oxygen atoms in total. The molecule has 0 N–H and O–H groups in total. The molecular formula is C16H18F5N3O2. The van der Waals surface area contributed by atoms with E-state index in [0.717, 1.165) is 12.3 Å². The number of morpholine rings is 1. The van der Waals surface area contributed by atoms with Crippen LogP contribution in [0.5, 0.6) is 0 Å². The number of hydrogen-bond donors (Lipinski definition) is 0. The van der Waals surface area contributed by atoms with Crippen molar-refractivity contribution in [1.29, 1.82) is 0 Å². The lowest BCUT2D eigenvalue weighted by Crippen LogP contribution is -2.53. The lowest BCUT2D eigenvalue weighted by Gasteiger charge is -2.38. The highest BCUT2D eigenvalue weighted by molar-refractivity contribution is 5.82. The van der Waals surface area contributed by atoms with Gasteiger partial charge < -0.3 is 14.5 Å². The van der Waals surface area contributed by atoms with Crippen molar-refractivity contribution in [2.24, 2.45) is 0 Å². The zero-order valence-electron chi connectivity index (χ0n) is 13.8. The molecular weight excluding hydrogens is 361 g/mol. The smallest absolute Gasteiger partial charge is 0.365 e. The van der Waals surface area contributed by atoms with Crippen LogP contribution < -0.4 is 4.90 Å². The third-order valence-electron chi connectivity index (χ3n) is 4.55. The third-order valence-corrected chi connectivity index (χ3v) is 4.55. The van der Waals surface area contributed by atoms with E-state index in [1.807, 2.05) is 0 Å². The summed E-state index contributed by atoms with van der Waals surface area (Å²) in [5.41, 5.74) is -0.851. The molecule has 1 unspecified atom stereocenters. The molecule has 0 bridgehead atoms. The summed E-state index contributed by atoms with van der Waals surface area (Å²) in [5, 5.41) is 0. The van der Waals surface area contributed by atoms with E-state index in [9.17, 15) is 26.7 Å². The number of rotatable bonds is 2. The van der Waals surface area contributed by atoms with Crippen molar-refractivity contribution in [3.63, 3.8) is 0 Å². The standard InChI is InChI=1S/C16H18F5N3O2/c17-15(18)3-5-23(6-4-15)14(25)12-10-24(7-8-26-12)13-2-1-11(9-22-13)16(19,20)21/h1-2,9,12H,3-8,10H2. The van der Waals surface area contributed by atoms with Gasteiger partial charge in [0.15, 0.2) is 6.10 Å². The maximum atomic E-state index is 13.2. The number of aromatic nitrogens is 1. The summed E-state index contributed by atoms with van der Waals surface area (Å²) < 4.78 is 69.7. The monoisotopic (exact) mass is 379 g/mol. The Labute approximate surface area is 146 Å². The Bertz CT molecular complexity index is 640. The summed E-state index contributed by atoms with van der Waals surface area (Å²) in [5.74, 6) is -2.82. The summed E-state index contributed by atoms with van der Waals surface area (Å²) in [6.45, 7) is 0.613. The first kappa shape index (κ1) is 18.8. The molecule has 3 heterocycles. The van der Waals surface area contributed by atoms with Gasteiger partial charge in [0.25, 0.3) is 11.8 Å². The zero-order valence-corrected chi connectivity index (χ0v) is 13.8. The van der Waals surface area contributed by atoms with Crippen molar-refractivity contribution in [3.8, 4) is 0 Å². The Morgan fingerprint density at radius 1 is 1.19 bits per heavy atom. The second kappa shape index (κ2) is 6.98. The Kier molecular flexibility index (Phi) is 5.05. The molecule has 2 aliphatic heterocycles. The number of hydrogen-bond acceptors (Lipinski definition) is 4. The Morgan fingerprint density at radius 2 is 1.88 bits per heavy atom. The number of carbonyl (C=O) groups is 1. The highest BCUT2D eigenvalue weighted by Crippen LogP contribution is 2.30. The number of likely N-dealkylation sites (tertiary alicyclic amines) is 1. The summed E-state index contributed by atoms with van der Waals surface area (Å²) >= 11 is 0. The van der Waals surface area contributed by atoms with Crippen LogP contribution in [0.2, 0.25) is 0 Å². The Balaban J connectivity index is 1.63. The van der Waals surface area contributed by atoms with E-state index in [-0.39, 0.29) is 45.0 Å². The molecule has 0 saturated carbocycles. The quantitative estimate of drug-likeness (QED) is 0.741. The normalized spacial score (nSPS) is 23.8. The lowest BCUT2D eigenvalue weighted by molar-refractivity contribution is -0.150. The number of amides is 1. The van der Waals surface area contributed by atoms with Crippen molar-refractivity contribution in [2.75, 3.05) is 37.7 Å². The number of carbonyl (C=O) groups excluding carboxylic acids is 1. The first-order valence-electron chi connectivity index (χ1n) is 8.22. The molecule has 0 aromatic carbocycles. The maximum Gasteiger partial charge on any atom is 0.417 e. The van der Waals surface area contributed by atoms with Gasteiger partial charge in [-0.05, 0) is 12.1 Å². The number of pyridine rings is 1.